The SMILES string of the molecule is Cc1noc(Cn2cc(S(=O)(=O)Cl)c([N+](=O)[O-])n2)n1. The molecular weight excluding hydrogens is 302 g/mol. The maximum absolute atomic E-state index is 11.2. The summed E-state index contributed by atoms with van der Waals surface area (Å²) in [6.45, 7) is 1.49. The molecule has 2 rings (SSSR count). The third-order valence-electron chi connectivity index (χ3n) is 2.01. The molecule has 0 aromatic carbocycles. The molecule has 2 aromatic rings. The lowest BCUT2D eigenvalue weighted by Gasteiger charge is -1.89. The van der Waals surface area contributed by atoms with E-state index in [1.807, 2.05) is 0 Å². The van der Waals surface area contributed by atoms with Gasteiger partial charge in [0.2, 0.25) is 10.8 Å². The fourth-order valence-electron chi connectivity index (χ4n) is 1.32. The minimum absolute atomic E-state index is 0.103. The minimum Gasteiger partial charge on any atom is -0.358 e. The van der Waals surface area contributed by atoms with Gasteiger partial charge < -0.3 is 14.6 Å². The van der Waals surface area contributed by atoms with Crippen LogP contribution in [-0.4, -0.2) is 33.3 Å². The van der Waals surface area contributed by atoms with Crippen LogP contribution >= 0.6 is 10.7 Å². The van der Waals surface area contributed by atoms with Crippen molar-refractivity contribution in [3.63, 3.8) is 0 Å². The highest BCUT2D eigenvalue weighted by Crippen LogP contribution is 2.25. The monoisotopic (exact) mass is 307 g/mol. The van der Waals surface area contributed by atoms with Crippen molar-refractivity contribution in [2.45, 2.75) is 18.4 Å². The molecule has 102 valence electrons. The zero-order chi connectivity index (χ0) is 14.2. The lowest BCUT2D eigenvalue weighted by atomic mass is 10.6. The van der Waals surface area contributed by atoms with Crippen LogP contribution in [0.1, 0.15) is 11.7 Å². The Labute approximate surface area is 110 Å². The summed E-state index contributed by atoms with van der Waals surface area (Å²) < 4.78 is 28.1. The molecule has 0 atom stereocenters. The number of hydrogen-bond acceptors (Lipinski definition) is 8. The lowest BCUT2D eigenvalue weighted by molar-refractivity contribution is -0.392. The average Bonchev–Trinajstić information content (AvgIpc) is 2.85. The Morgan fingerprint density at radius 3 is 2.68 bits per heavy atom. The number of hydrogen-bond donors (Lipinski definition) is 0. The molecule has 10 nitrogen and oxygen atoms in total. The van der Waals surface area contributed by atoms with Crippen molar-refractivity contribution in [1.82, 2.24) is 19.9 Å². The van der Waals surface area contributed by atoms with E-state index >= 15 is 0 Å². The quantitative estimate of drug-likeness (QED) is 0.451. The summed E-state index contributed by atoms with van der Waals surface area (Å²) in [5.41, 5.74) is 0. The molecule has 0 saturated heterocycles. The standard InChI is InChI=1S/C7H6ClN5O5S/c1-4-9-6(18-11-4)3-12-2-5(19(8,16)17)7(10-12)13(14)15/h2H,3H2,1H3. The van der Waals surface area contributed by atoms with Crippen molar-refractivity contribution in [2.75, 3.05) is 0 Å². The molecule has 0 amide bonds. The molecule has 0 aliphatic heterocycles. The first-order valence-electron chi connectivity index (χ1n) is 4.73. The molecule has 19 heavy (non-hydrogen) atoms. The maximum Gasteiger partial charge on any atom is 0.410 e. The van der Waals surface area contributed by atoms with Crippen LogP contribution in [0.15, 0.2) is 15.6 Å². The van der Waals surface area contributed by atoms with Gasteiger partial charge >= 0.3 is 5.82 Å². The Kier molecular flexibility index (Phi) is 3.24. The topological polar surface area (TPSA) is 134 Å². The van der Waals surface area contributed by atoms with Gasteiger partial charge in [0.05, 0.1) is 11.3 Å². The smallest absolute Gasteiger partial charge is 0.358 e. The molecule has 0 spiro atoms. The molecule has 0 N–H and O–H groups in total. The zero-order valence-corrected chi connectivity index (χ0v) is 10.9. The van der Waals surface area contributed by atoms with Crippen LogP contribution in [0.5, 0.6) is 0 Å². The number of halogens is 1. The van der Waals surface area contributed by atoms with Gasteiger partial charge in [-0.3, -0.25) is 0 Å². The van der Waals surface area contributed by atoms with Gasteiger partial charge in [-0.05, 0) is 11.8 Å². The normalized spacial score (nSPS) is 11.7. The van der Waals surface area contributed by atoms with Gasteiger partial charge in [0, 0.05) is 10.7 Å². The van der Waals surface area contributed by atoms with E-state index in [4.69, 9.17) is 15.2 Å². The molecule has 0 aliphatic carbocycles. The summed E-state index contributed by atoms with van der Waals surface area (Å²) in [5.74, 6) is -0.346. The van der Waals surface area contributed by atoms with Crippen LogP contribution in [0.3, 0.4) is 0 Å². The molecule has 2 aromatic heterocycles. The third-order valence-corrected chi connectivity index (χ3v) is 3.32. The second-order valence-corrected chi connectivity index (χ2v) is 5.98. The van der Waals surface area contributed by atoms with E-state index in [0.717, 1.165) is 10.9 Å². The maximum atomic E-state index is 11.2. The van der Waals surface area contributed by atoms with Crippen LogP contribution < -0.4 is 0 Å². The Hall–Kier alpha value is -2.01. The summed E-state index contributed by atoms with van der Waals surface area (Å²) in [5, 5.41) is 17.7. The molecule has 0 radical (unpaired) electrons. The fourth-order valence-corrected chi connectivity index (χ4v) is 2.22. The number of rotatable bonds is 4. The van der Waals surface area contributed by atoms with Gasteiger partial charge in [0.15, 0.2) is 5.82 Å². The van der Waals surface area contributed by atoms with E-state index in [2.05, 4.69) is 15.2 Å². The van der Waals surface area contributed by atoms with Crippen LogP contribution in [0, 0.1) is 17.0 Å². The predicted molar refractivity (Wildman–Crippen MR) is 60.1 cm³/mol. The Bertz CT molecular complexity index is 735. The van der Waals surface area contributed by atoms with Gasteiger partial charge in [0.1, 0.15) is 6.54 Å². The number of aromatic nitrogens is 4. The minimum atomic E-state index is -4.26. The van der Waals surface area contributed by atoms with Crippen LogP contribution in [0.2, 0.25) is 0 Å². The van der Waals surface area contributed by atoms with Crippen molar-refractivity contribution >= 4 is 25.6 Å². The highest BCUT2D eigenvalue weighted by atomic mass is 35.7. The van der Waals surface area contributed by atoms with Crippen molar-refractivity contribution in [3.8, 4) is 0 Å². The fraction of sp³-hybridized carbons (Fsp3) is 0.286. The lowest BCUT2D eigenvalue weighted by Crippen LogP contribution is -2.01. The van der Waals surface area contributed by atoms with E-state index in [-0.39, 0.29) is 12.4 Å². The number of nitrogens with zero attached hydrogens (tertiary/aromatic N) is 5. The van der Waals surface area contributed by atoms with Gasteiger partial charge in [-0.1, -0.05) is 5.16 Å². The molecule has 0 bridgehead atoms. The molecular formula is C7H6ClN5O5S. The van der Waals surface area contributed by atoms with E-state index in [1.165, 1.54) is 0 Å². The molecule has 12 heteroatoms. The molecule has 0 fully saturated rings. The first-order valence-corrected chi connectivity index (χ1v) is 7.04. The first kappa shape index (κ1) is 13.4. The van der Waals surface area contributed by atoms with E-state index in [0.29, 0.717) is 5.82 Å². The Morgan fingerprint density at radius 1 is 1.58 bits per heavy atom. The average molecular weight is 308 g/mol. The van der Waals surface area contributed by atoms with Crippen molar-refractivity contribution in [1.29, 1.82) is 0 Å². The summed E-state index contributed by atoms with van der Waals surface area (Å²) in [4.78, 5) is 12.9. The van der Waals surface area contributed by atoms with E-state index < -0.39 is 24.7 Å². The zero-order valence-electron chi connectivity index (χ0n) is 9.35. The molecule has 2 heterocycles. The van der Waals surface area contributed by atoms with Crippen LogP contribution in [0.4, 0.5) is 5.82 Å². The van der Waals surface area contributed by atoms with Crippen LogP contribution in [-0.2, 0) is 15.6 Å². The Morgan fingerprint density at radius 2 is 2.26 bits per heavy atom. The molecule has 0 unspecified atom stereocenters. The number of nitro groups is 1. The van der Waals surface area contributed by atoms with Crippen molar-refractivity contribution in [2.24, 2.45) is 0 Å². The summed E-state index contributed by atoms with van der Waals surface area (Å²) in [6, 6.07) is 0. The number of aryl methyl sites for hydroxylation is 1. The van der Waals surface area contributed by atoms with Gasteiger partial charge in [-0.15, -0.1) is 0 Å². The largest absolute Gasteiger partial charge is 0.410 e. The van der Waals surface area contributed by atoms with Gasteiger partial charge in [-0.25, -0.2) is 8.42 Å². The van der Waals surface area contributed by atoms with Crippen LogP contribution in [0.25, 0.3) is 0 Å². The second kappa shape index (κ2) is 4.59. The summed E-state index contributed by atoms with van der Waals surface area (Å²) in [7, 11) is 0.827. The third kappa shape index (κ3) is 2.88. The highest BCUT2D eigenvalue weighted by Gasteiger charge is 2.30. The first-order chi connectivity index (χ1) is 8.77. The summed E-state index contributed by atoms with van der Waals surface area (Å²) in [6.07, 6.45) is 0.931. The predicted octanol–water partition coefficient (Wildman–Crippen LogP) is 0.459. The van der Waals surface area contributed by atoms with Gasteiger partial charge in [-0.2, -0.15) is 9.67 Å². The van der Waals surface area contributed by atoms with E-state index in [1.54, 1.807) is 6.92 Å². The summed E-state index contributed by atoms with van der Waals surface area (Å²) >= 11 is 0. The van der Waals surface area contributed by atoms with E-state index in [9.17, 15) is 18.5 Å². The Balaban J connectivity index is 2.41. The molecule has 0 saturated carbocycles. The van der Waals surface area contributed by atoms with Gasteiger partial charge in [0.25, 0.3) is 9.05 Å². The van der Waals surface area contributed by atoms with Crippen molar-refractivity contribution < 1.29 is 17.9 Å². The highest BCUT2D eigenvalue weighted by molar-refractivity contribution is 8.13. The molecule has 0 aliphatic rings. The van der Waals surface area contributed by atoms with Crippen molar-refractivity contribution in [3.05, 3.63) is 28.0 Å². The second-order valence-electron chi connectivity index (χ2n) is 3.44.